The largest absolute Gasteiger partial charge is 0.473 e. The van der Waals surface area contributed by atoms with E-state index in [0.717, 1.165) is 38.8 Å². The molecule has 2 aliphatic rings. The Balaban J connectivity index is 1.61. The van der Waals surface area contributed by atoms with Crippen molar-refractivity contribution in [2.24, 2.45) is 0 Å². The summed E-state index contributed by atoms with van der Waals surface area (Å²) in [6, 6.07) is 2.21. The molecule has 0 aromatic carbocycles. The Morgan fingerprint density at radius 3 is 2.56 bits per heavy atom. The fourth-order valence-corrected chi connectivity index (χ4v) is 3.56. The van der Waals surface area contributed by atoms with E-state index < -0.39 is 0 Å². The molecule has 3 rings (SSSR count). The standard InChI is InChI=1S/C18H26ClN3O3/c1-21(2)14-3-7-22(8-4-14)18(23)13-11-16(19)17(20-12-13)25-15-5-9-24-10-6-15/h11-12,14-15H,3-10H2,1-2H3. The fraction of sp³-hybridized carbons (Fsp3) is 0.667. The molecule has 1 aromatic heterocycles. The minimum atomic E-state index is -0.00998. The Morgan fingerprint density at radius 2 is 1.96 bits per heavy atom. The second-order valence-electron chi connectivity index (χ2n) is 6.93. The summed E-state index contributed by atoms with van der Waals surface area (Å²) >= 11 is 6.30. The highest BCUT2D eigenvalue weighted by Crippen LogP contribution is 2.26. The van der Waals surface area contributed by atoms with E-state index in [2.05, 4.69) is 24.0 Å². The first-order chi connectivity index (χ1) is 12.0. The van der Waals surface area contributed by atoms with Crippen LogP contribution in [0.5, 0.6) is 5.88 Å². The van der Waals surface area contributed by atoms with Crippen LogP contribution in [0.3, 0.4) is 0 Å². The van der Waals surface area contributed by atoms with Gasteiger partial charge in [-0.3, -0.25) is 4.79 Å². The smallest absolute Gasteiger partial charge is 0.255 e. The zero-order chi connectivity index (χ0) is 17.8. The van der Waals surface area contributed by atoms with E-state index in [1.54, 1.807) is 12.3 Å². The van der Waals surface area contributed by atoms with Gasteiger partial charge >= 0.3 is 0 Å². The van der Waals surface area contributed by atoms with E-state index in [0.29, 0.717) is 35.7 Å². The lowest BCUT2D eigenvalue weighted by molar-refractivity contribution is 0.0238. The molecule has 0 unspecified atom stereocenters. The van der Waals surface area contributed by atoms with Gasteiger partial charge in [0.05, 0.1) is 18.8 Å². The average molecular weight is 368 g/mol. The maximum absolute atomic E-state index is 12.7. The molecule has 6 nitrogen and oxygen atoms in total. The third kappa shape index (κ3) is 4.63. The normalized spacial score (nSPS) is 20.1. The molecule has 2 saturated heterocycles. The number of hydrogen-bond acceptors (Lipinski definition) is 5. The monoisotopic (exact) mass is 367 g/mol. The molecule has 1 amide bonds. The van der Waals surface area contributed by atoms with Crippen molar-refractivity contribution < 1.29 is 14.3 Å². The summed E-state index contributed by atoms with van der Waals surface area (Å²) in [5, 5.41) is 0.389. The van der Waals surface area contributed by atoms with Crippen LogP contribution in [0, 0.1) is 0 Å². The van der Waals surface area contributed by atoms with Crippen LogP contribution in [0.15, 0.2) is 12.3 Å². The zero-order valence-electron chi connectivity index (χ0n) is 14.9. The van der Waals surface area contributed by atoms with Crippen LogP contribution >= 0.6 is 11.6 Å². The van der Waals surface area contributed by atoms with E-state index in [1.807, 2.05) is 4.90 Å². The lowest BCUT2D eigenvalue weighted by atomic mass is 10.0. The highest BCUT2D eigenvalue weighted by atomic mass is 35.5. The van der Waals surface area contributed by atoms with Crippen LogP contribution in [-0.4, -0.2) is 73.2 Å². The summed E-state index contributed by atoms with van der Waals surface area (Å²) in [6.45, 7) is 2.92. The van der Waals surface area contributed by atoms with Gasteiger partial charge in [-0.2, -0.15) is 0 Å². The van der Waals surface area contributed by atoms with Crippen molar-refractivity contribution >= 4 is 17.5 Å². The van der Waals surface area contributed by atoms with Crippen molar-refractivity contribution in [3.8, 4) is 5.88 Å². The van der Waals surface area contributed by atoms with Crippen molar-refractivity contribution in [2.45, 2.75) is 37.8 Å². The van der Waals surface area contributed by atoms with Gasteiger partial charge in [-0.05, 0) is 33.0 Å². The summed E-state index contributed by atoms with van der Waals surface area (Å²) in [7, 11) is 4.17. The molecule has 2 aliphatic heterocycles. The summed E-state index contributed by atoms with van der Waals surface area (Å²) in [5.41, 5.74) is 0.521. The van der Waals surface area contributed by atoms with Gasteiger partial charge < -0.3 is 19.3 Å². The first-order valence-corrected chi connectivity index (χ1v) is 9.28. The summed E-state index contributed by atoms with van der Waals surface area (Å²) < 4.78 is 11.2. The number of hydrogen-bond donors (Lipinski definition) is 0. The molecule has 0 atom stereocenters. The van der Waals surface area contributed by atoms with Gasteiger partial charge in [-0.15, -0.1) is 0 Å². The third-order valence-electron chi connectivity index (χ3n) is 4.98. The van der Waals surface area contributed by atoms with Gasteiger partial charge in [0.25, 0.3) is 5.91 Å². The highest BCUT2D eigenvalue weighted by Gasteiger charge is 2.25. The van der Waals surface area contributed by atoms with Gasteiger partial charge in [-0.1, -0.05) is 11.6 Å². The van der Waals surface area contributed by atoms with E-state index in [1.165, 1.54) is 0 Å². The lowest BCUT2D eigenvalue weighted by Crippen LogP contribution is -2.44. The SMILES string of the molecule is CN(C)C1CCN(C(=O)c2cnc(OC3CCOCC3)c(Cl)c2)CC1. The first kappa shape index (κ1) is 18.4. The van der Waals surface area contributed by atoms with Crippen LogP contribution in [-0.2, 0) is 4.74 Å². The number of carbonyl (C=O) groups is 1. The van der Waals surface area contributed by atoms with Crippen molar-refractivity contribution in [3.63, 3.8) is 0 Å². The second kappa shape index (κ2) is 8.34. The van der Waals surface area contributed by atoms with Crippen LogP contribution < -0.4 is 4.74 Å². The quantitative estimate of drug-likeness (QED) is 0.818. The van der Waals surface area contributed by atoms with Crippen LogP contribution in [0.2, 0.25) is 5.02 Å². The van der Waals surface area contributed by atoms with E-state index in [-0.39, 0.29) is 12.0 Å². The van der Waals surface area contributed by atoms with Crippen molar-refractivity contribution in [3.05, 3.63) is 22.8 Å². The molecule has 0 N–H and O–H groups in total. The Hall–Kier alpha value is -1.37. The Labute approximate surface area is 154 Å². The number of amides is 1. The van der Waals surface area contributed by atoms with Gasteiger partial charge in [0.15, 0.2) is 0 Å². The van der Waals surface area contributed by atoms with Crippen molar-refractivity contribution in [1.29, 1.82) is 0 Å². The van der Waals surface area contributed by atoms with Crippen LogP contribution in [0.1, 0.15) is 36.0 Å². The fourth-order valence-electron chi connectivity index (χ4n) is 3.35. The average Bonchev–Trinajstić information content (AvgIpc) is 2.64. The topological polar surface area (TPSA) is 54.9 Å². The number of halogens is 1. The maximum Gasteiger partial charge on any atom is 0.255 e. The number of pyridine rings is 1. The molecule has 3 heterocycles. The number of ether oxygens (including phenoxy) is 2. The van der Waals surface area contributed by atoms with Gasteiger partial charge in [0.1, 0.15) is 11.1 Å². The van der Waals surface area contributed by atoms with Gasteiger partial charge in [0, 0.05) is 38.2 Å². The summed E-state index contributed by atoms with van der Waals surface area (Å²) in [5.74, 6) is 0.389. The molecule has 0 aliphatic carbocycles. The predicted molar refractivity (Wildman–Crippen MR) is 96.3 cm³/mol. The van der Waals surface area contributed by atoms with Crippen LogP contribution in [0.25, 0.3) is 0 Å². The van der Waals surface area contributed by atoms with Gasteiger partial charge in [0.2, 0.25) is 5.88 Å². The maximum atomic E-state index is 12.7. The molecular weight excluding hydrogens is 342 g/mol. The molecule has 25 heavy (non-hydrogen) atoms. The summed E-state index contributed by atoms with van der Waals surface area (Å²) in [4.78, 5) is 21.1. The van der Waals surface area contributed by atoms with E-state index >= 15 is 0 Å². The highest BCUT2D eigenvalue weighted by molar-refractivity contribution is 6.32. The number of carbonyl (C=O) groups excluding carboxylic acids is 1. The van der Waals surface area contributed by atoms with Crippen molar-refractivity contribution in [2.75, 3.05) is 40.4 Å². The van der Waals surface area contributed by atoms with Gasteiger partial charge in [-0.25, -0.2) is 4.98 Å². The number of aromatic nitrogens is 1. The molecule has 0 radical (unpaired) electrons. The molecule has 0 saturated carbocycles. The minimum absolute atomic E-state index is 0.00998. The molecule has 2 fully saturated rings. The van der Waals surface area contributed by atoms with Crippen LogP contribution in [0.4, 0.5) is 0 Å². The summed E-state index contributed by atoms with van der Waals surface area (Å²) in [6.07, 6.45) is 5.29. The minimum Gasteiger partial charge on any atom is -0.473 e. The molecule has 0 bridgehead atoms. The van der Waals surface area contributed by atoms with E-state index in [4.69, 9.17) is 21.1 Å². The number of nitrogens with zero attached hydrogens (tertiary/aromatic N) is 3. The number of likely N-dealkylation sites (tertiary alicyclic amines) is 1. The Bertz CT molecular complexity index is 597. The molecular formula is C18H26ClN3O3. The second-order valence-corrected chi connectivity index (χ2v) is 7.33. The molecule has 1 aromatic rings. The zero-order valence-corrected chi connectivity index (χ0v) is 15.7. The van der Waals surface area contributed by atoms with E-state index in [9.17, 15) is 4.79 Å². The van der Waals surface area contributed by atoms with Crippen molar-refractivity contribution in [1.82, 2.24) is 14.8 Å². The Morgan fingerprint density at radius 1 is 1.28 bits per heavy atom. The lowest BCUT2D eigenvalue weighted by Gasteiger charge is -2.35. The number of rotatable bonds is 4. The number of piperidine rings is 1. The third-order valence-corrected chi connectivity index (χ3v) is 5.25. The predicted octanol–water partition coefficient (Wildman–Crippen LogP) is 2.46. The molecule has 138 valence electrons. The Kier molecular flexibility index (Phi) is 6.15. The molecule has 7 heteroatoms. The molecule has 0 spiro atoms. The first-order valence-electron chi connectivity index (χ1n) is 8.90.